The number of alkyl carbamates (subject to hydrolysis) is 1. The van der Waals surface area contributed by atoms with Gasteiger partial charge in [-0.1, -0.05) is 48.4 Å². The third-order valence-electron chi connectivity index (χ3n) is 7.53. The molecule has 0 saturated heterocycles. The molecule has 2 aromatic rings. The maximum Gasteiger partial charge on any atom is 0.408 e. The van der Waals surface area contributed by atoms with Crippen LogP contribution in [-0.2, 0) is 30.3 Å². The van der Waals surface area contributed by atoms with Crippen LogP contribution in [0.5, 0.6) is 0 Å². The average molecular weight is 664 g/mol. The predicted molar refractivity (Wildman–Crippen MR) is 186 cm³/mol. The molecule has 254 valence electrons. The number of esters is 1. The van der Waals surface area contributed by atoms with E-state index in [0.717, 1.165) is 12.0 Å². The molecule has 0 heterocycles. The molecule has 47 heavy (non-hydrogen) atoms. The summed E-state index contributed by atoms with van der Waals surface area (Å²) in [6.07, 6.45) is 9.64. The van der Waals surface area contributed by atoms with E-state index < -0.39 is 53.2 Å². The molecule has 9 nitrogen and oxygen atoms in total. The van der Waals surface area contributed by atoms with Crippen molar-refractivity contribution >= 4 is 35.6 Å². The van der Waals surface area contributed by atoms with E-state index in [9.17, 15) is 19.2 Å². The van der Waals surface area contributed by atoms with Gasteiger partial charge in [0.25, 0.3) is 0 Å². The van der Waals surface area contributed by atoms with Crippen molar-refractivity contribution in [1.82, 2.24) is 15.5 Å². The highest BCUT2D eigenvalue weighted by molar-refractivity contribution is 7.98. The van der Waals surface area contributed by atoms with Gasteiger partial charge in [-0.2, -0.15) is 11.8 Å². The first-order valence-corrected chi connectivity index (χ1v) is 17.5. The highest BCUT2D eigenvalue weighted by Gasteiger charge is 2.43. The zero-order valence-corrected chi connectivity index (χ0v) is 29.4. The summed E-state index contributed by atoms with van der Waals surface area (Å²) in [4.78, 5) is 57.1. The molecular weight excluding hydrogens is 614 g/mol. The van der Waals surface area contributed by atoms with Gasteiger partial charge in [-0.05, 0) is 102 Å². The standard InChI is InChI=1S/C37H49N3O6S/c1-9-25-18-20-27(21-19-25)31(32(41)38-30(34(43)45-36(2,3)4)24-26-14-11-10-12-15-26)40(28-16-13-17-28)33(42)29(22-23-47-8)39-35(44)46-37(5,6)7/h1,10-12,14-15,18-21,28-31H,13,16-17,22-24H2,2-8H3,(H,38,41)(H,39,44). The Bertz CT molecular complexity index is 1400. The summed E-state index contributed by atoms with van der Waals surface area (Å²) in [7, 11) is 0. The van der Waals surface area contributed by atoms with Gasteiger partial charge in [-0.3, -0.25) is 9.59 Å². The van der Waals surface area contributed by atoms with Crippen molar-refractivity contribution < 1.29 is 28.7 Å². The molecule has 1 aliphatic rings. The predicted octanol–water partition coefficient (Wildman–Crippen LogP) is 5.81. The van der Waals surface area contributed by atoms with Crippen molar-refractivity contribution in [3.63, 3.8) is 0 Å². The van der Waals surface area contributed by atoms with Crippen LogP contribution >= 0.6 is 11.8 Å². The minimum absolute atomic E-state index is 0.193. The van der Waals surface area contributed by atoms with E-state index in [1.165, 1.54) is 0 Å². The van der Waals surface area contributed by atoms with E-state index in [2.05, 4.69) is 16.6 Å². The molecular formula is C37H49N3O6S. The molecule has 3 amide bonds. The first-order valence-electron chi connectivity index (χ1n) is 16.1. The van der Waals surface area contributed by atoms with Crippen molar-refractivity contribution in [2.45, 2.75) is 109 Å². The maximum atomic E-state index is 14.6. The molecule has 3 atom stereocenters. The Hall–Kier alpha value is -3.97. The Labute approximate surface area is 283 Å². The Morgan fingerprint density at radius 2 is 1.53 bits per heavy atom. The van der Waals surface area contributed by atoms with Crippen molar-refractivity contribution in [2.24, 2.45) is 0 Å². The van der Waals surface area contributed by atoms with Crippen LogP contribution in [0.2, 0.25) is 0 Å². The van der Waals surface area contributed by atoms with E-state index in [4.69, 9.17) is 15.9 Å². The van der Waals surface area contributed by atoms with Gasteiger partial charge in [0, 0.05) is 18.0 Å². The second-order valence-electron chi connectivity index (χ2n) is 13.8. The average Bonchev–Trinajstić information content (AvgIpc) is 2.96. The number of benzene rings is 2. The van der Waals surface area contributed by atoms with Crippen LogP contribution in [0.1, 0.15) is 90.0 Å². The quantitative estimate of drug-likeness (QED) is 0.206. The van der Waals surface area contributed by atoms with Crippen LogP contribution in [0.4, 0.5) is 4.79 Å². The topological polar surface area (TPSA) is 114 Å². The fraction of sp³-hybridized carbons (Fsp3) is 0.514. The number of nitrogens with one attached hydrogen (secondary N) is 2. The molecule has 0 radical (unpaired) electrons. The zero-order chi connectivity index (χ0) is 34.8. The summed E-state index contributed by atoms with van der Waals surface area (Å²) in [5.74, 6) is 1.67. The van der Waals surface area contributed by atoms with Gasteiger partial charge in [0.05, 0.1) is 0 Å². The summed E-state index contributed by atoms with van der Waals surface area (Å²) in [5.41, 5.74) is 0.443. The Morgan fingerprint density at radius 1 is 0.915 bits per heavy atom. The fourth-order valence-corrected chi connectivity index (χ4v) is 5.64. The molecule has 2 aromatic carbocycles. The van der Waals surface area contributed by atoms with Gasteiger partial charge >= 0.3 is 12.1 Å². The second-order valence-corrected chi connectivity index (χ2v) is 14.7. The van der Waals surface area contributed by atoms with Crippen LogP contribution in [0, 0.1) is 12.3 Å². The number of thioether (sulfide) groups is 1. The zero-order valence-electron chi connectivity index (χ0n) is 28.6. The van der Waals surface area contributed by atoms with Crippen molar-refractivity contribution in [1.29, 1.82) is 0 Å². The number of ether oxygens (including phenoxy) is 2. The smallest absolute Gasteiger partial charge is 0.408 e. The molecule has 2 N–H and O–H groups in total. The summed E-state index contributed by atoms with van der Waals surface area (Å²) < 4.78 is 11.2. The fourth-order valence-electron chi connectivity index (χ4n) is 5.17. The van der Waals surface area contributed by atoms with Crippen LogP contribution in [0.15, 0.2) is 54.6 Å². The van der Waals surface area contributed by atoms with Crippen molar-refractivity contribution in [3.8, 4) is 12.3 Å². The Morgan fingerprint density at radius 3 is 2.04 bits per heavy atom. The van der Waals surface area contributed by atoms with E-state index >= 15 is 0 Å². The molecule has 1 fully saturated rings. The van der Waals surface area contributed by atoms with Gasteiger partial charge in [0.2, 0.25) is 11.8 Å². The lowest BCUT2D eigenvalue weighted by molar-refractivity contribution is -0.159. The molecule has 3 rings (SSSR count). The van der Waals surface area contributed by atoms with Crippen LogP contribution < -0.4 is 10.6 Å². The Balaban J connectivity index is 2.07. The van der Waals surface area contributed by atoms with E-state index in [1.807, 2.05) is 36.6 Å². The van der Waals surface area contributed by atoms with Crippen LogP contribution in [0.3, 0.4) is 0 Å². The lowest BCUT2D eigenvalue weighted by Gasteiger charge is -2.44. The number of carbonyl (C=O) groups excluding carboxylic acids is 4. The highest BCUT2D eigenvalue weighted by atomic mass is 32.2. The normalized spacial score (nSPS) is 15.2. The molecule has 0 aliphatic heterocycles. The molecule has 3 unspecified atom stereocenters. The van der Waals surface area contributed by atoms with Gasteiger partial charge in [-0.25, -0.2) is 9.59 Å². The SMILES string of the molecule is C#Cc1ccc(C(C(=O)NC(Cc2ccccc2)C(=O)OC(C)(C)C)N(C(=O)C(CCSC)NC(=O)OC(C)(C)C)C2CCC2)cc1. The van der Waals surface area contributed by atoms with E-state index in [1.54, 1.807) is 82.5 Å². The summed E-state index contributed by atoms with van der Waals surface area (Å²) in [6.45, 7) is 10.6. The maximum absolute atomic E-state index is 14.6. The molecule has 0 aromatic heterocycles. The number of amides is 3. The van der Waals surface area contributed by atoms with Gasteiger partial charge in [-0.15, -0.1) is 6.42 Å². The molecule has 1 saturated carbocycles. The highest BCUT2D eigenvalue weighted by Crippen LogP contribution is 2.34. The minimum Gasteiger partial charge on any atom is -0.458 e. The van der Waals surface area contributed by atoms with Crippen molar-refractivity contribution in [3.05, 3.63) is 71.3 Å². The molecule has 0 spiro atoms. The lowest BCUT2D eigenvalue weighted by atomic mass is 9.87. The number of hydrogen-bond donors (Lipinski definition) is 2. The van der Waals surface area contributed by atoms with Crippen molar-refractivity contribution in [2.75, 3.05) is 12.0 Å². The monoisotopic (exact) mass is 663 g/mol. The number of rotatable bonds is 13. The van der Waals surface area contributed by atoms with Gasteiger partial charge in [0.1, 0.15) is 29.3 Å². The van der Waals surface area contributed by atoms with Gasteiger partial charge < -0.3 is 25.0 Å². The first-order chi connectivity index (χ1) is 22.1. The summed E-state index contributed by atoms with van der Waals surface area (Å²) in [5, 5.41) is 5.72. The Kier molecular flexibility index (Phi) is 13.3. The van der Waals surface area contributed by atoms with Crippen LogP contribution in [-0.4, -0.2) is 70.1 Å². The summed E-state index contributed by atoms with van der Waals surface area (Å²) >= 11 is 1.55. The number of nitrogens with zero attached hydrogens (tertiary/aromatic N) is 1. The number of terminal acetylenes is 1. The van der Waals surface area contributed by atoms with E-state index in [0.29, 0.717) is 36.1 Å². The molecule has 0 bridgehead atoms. The molecule has 10 heteroatoms. The first kappa shape index (κ1) is 37.5. The molecule has 1 aliphatic carbocycles. The number of hydrogen-bond acceptors (Lipinski definition) is 7. The third kappa shape index (κ3) is 11.7. The van der Waals surface area contributed by atoms with Gasteiger partial charge in [0.15, 0.2) is 0 Å². The number of carbonyl (C=O) groups is 4. The second kappa shape index (κ2) is 16.7. The lowest BCUT2D eigenvalue weighted by Crippen LogP contribution is -2.58. The van der Waals surface area contributed by atoms with E-state index in [-0.39, 0.29) is 12.5 Å². The van der Waals surface area contributed by atoms with Crippen LogP contribution in [0.25, 0.3) is 0 Å². The largest absolute Gasteiger partial charge is 0.458 e. The minimum atomic E-state index is -1.11. The summed E-state index contributed by atoms with van der Waals surface area (Å²) in [6, 6.07) is 12.9. The third-order valence-corrected chi connectivity index (χ3v) is 8.18.